The van der Waals surface area contributed by atoms with Crippen LogP contribution in [0.2, 0.25) is 10.2 Å². The Morgan fingerprint density at radius 2 is 1.71 bits per heavy atom. The Bertz CT molecular complexity index is 546. The van der Waals surface area contributed by atoms with Gasteiger partial charge < -0.3 is 4.42 Å². The van der Waals surface area contributed by atoms with Crippen molar-refractivity contribution < 1.29 is 4.42 Å². The van der Waals surface area contributed by atoms with Crippen LogP contribution in [0.1, 0.15) is 27.8 Å². The zero-order valence-corrected chi connectivity index (χ0v) is 11.7. The predicted octanol–water partition coefficient (Wildman–Crippen LogP) is 5.53. The number of furan rings is 1. The fourth-order valence-corrected chi connectivity index (χ4v) is 2.45. The van der Waals surface area contributed by atoms with Crippen molar-refractivity contribution in [1.82, 2.24) is 0 Å². The van der Waals surface area contributed by atoms with Crippen molar-refractivity contribution in [3.8, 4) is 0 Å². The van der Waals surface area contributed by atoms with E-state index in [0.29, 0.717) is 16.0 Å². The molecule has 1 heterocycles. The number of aryl methyl sites for hydroxylation is 2. The molecule has 0 fully saturated rings. The molecule has 0 saturated heterocycles. The van der Waals surface area contributed by atoms with Gasteiger partial charge in [-0.3, -0.25) is 0 Å². The Kier molecular flexibility index (Phi) is 3.72. The first kappa shape index (κ1) is 12.8. The predicted molar refractivity (Wildman–Crippen MR) is 72.3 cm³/mol. The summed E-state index contributed by atoms with van der Waals surface area (Å²) in [6.07, 6.45) is 0. The first-order chi connectivity index (χ1) is 7.99. The SMILES string of the molecule is Cc1cc(Cl)c(C(Cl)c2ccc(Cl)o2)cc1C. The van der Waals surface area contributed by atoms with E-state index in [-0.39, 0.29) is 0 Å². The monoisotopic (exact) mass is 288 g/mol. The molecule has 4 heteroatoms. The number of halogens is 3. The third-order valence-electron chi connectivity index (χ3n) is 2.73. The molecule has 1 unspecified atom stereocenters. The molecule has 90 valence electrons. The van der Waals surface area contributed by atoms with Crippen molar-refractivity contribution in [3.05, 3.63) is 57.0 Å². The number of benzene rings is 1. The Labute approximate surface area is 115 Å². The van der Waals surface area contributed by atoms with E-state index in [9.17, 15) is 0 Å². The molecule has 1 aromatic carbocycles. The van der Waals surface area contributed by atoms with Gasteiger partial charge in [-0.25, -0.2) is 0 Å². The van der Waals surface area contributed by atoms with E-state index in [2.05, 4.69) is 0 Å². The van der Waals surface area contributed by atoms with Crippen molar-refractivity contribution in [2.75, 3.05) is 0 Å². The molecule has 0 aliphatic rings. The zero-order valence-electron chi connectivity index (χ0n) is 9.43. The molecule has 0 aliphatic carbocycles. The van der Waals surface area contributed by atoms with Crippen LogP contribution in [-0.2, 0) is 0 Å². The quantitative estimate of drug-likeness (QED) is 0.662. The molecule has 0 spiro atoms. The molecule has 0 bridgehead atoms. The highest BCUT2D eigenvalue weighted by Crippen LogP contribution is 2.36. The largest absolute Gasteiger partial charge is 0.448 e. The highest BCUT2D eigenvalue weighted by atomic mass is 35.5. The summed E-state index contributed by atoms with van der Waals surface area (Å²) < 4.78 is 5.30. The second-order valence-corrected chi connectivity index (χ2v) is 5.18. The minimum Gasteiger partial charge on any atom is -0.448 e. The van der Waals surface area contributed by atoms with E-state index in [0.717, 1.165) is 16.7 Å². The molecule has 0 amide bonds. The molecule has 0 aliphatic heterocycles. The van der Waals surface area contributed by atoms with E-state index in [1.165, 1.54) is 0 Å². The summed E-state index contributed by atoms with van der Waals surface area (Å²) in [4.78, 5) is 0. The zero-order chi connectivity index (χ0) is 12.6. The van der Waals surface area contributed by atoms with Crippen molar-refractivity contribution in [1.29, 1.82) is 0 Å². The highest BCUT2D eigenvalue weighted by molar-refractivity contribution is 6.33. The number of hydrogen-bond donors (Lipinski definition) is 0. The summed E-state index contributed by atoms with van der Waals surface area (Å²) in [5, 5.41) is 0.542. The molecular formula is C13H11Cl3O. The standard InChI is InChI=1S/C13H11Cl3O/c1-7-5-9(10(14)6-8(7)2)13(16)11-3-4-12(15)17-11/h3-6,13H,1-2H3. The third kappa shape index (κ3) is 2.62. The van der Waals surface area contributed by atoms with Crippen LogP contribution >= 0.6 is 34.8 Å². The van der Waals surface area contributed by atoms with Gasteiger partial charge in [0, 0.05) is 5.02 Å². The van der Waals surface area contributed by atoms with Crippen LogP contribution in [-0.4, -0.2) is 0 Å². The van der Waals surface area contributed by atoms with Crippen molar-refractivity contribution >= 4 is 34.8 Å². The van der Waals surface area contributed by atoms with Crippen molar-refractivity contribution in [2.45, 2.75) is 19.2 Å². The van der Waals surface area contributed by atoms with Gasteiger partial charge in [0.05, 0.1) is 0 Å². The Morgan fingerprint density at radius 3 is 2.29 bits per heavy atom. The molecule has 2 aromatic rings. The minimum absolute atomic E-state index is 0.325. The van der Waals surface area contributed by atoms with Crippen LogP contribution in [0, 0.1) is 13.8 Å². The van der Waals surface area contributed by atoms with E-state index in [4.69, 9.17) is 39.2 Å². The van der Waals surface area contributed by atoms with Gasteiger partial charge in [0.1, 0.15) is 11.1 Å². The highest BCUT2D eigenvalue weighted by Gasteiger charge is 2.18. The number of hydrogen-bond acceptors (Lipinski definition) is 1. The minimum atomic E-state index is -0.422. The van der Waals surface area contributed by atoms with Crippen LogP contribution in [0.15, 0.2) is 28.7 Å². The summed E-state index contributed by atoms with van der Waals surface area (Å²) >= 11 is 18.3. The van der Waals surface area contributed by atoms with Crippen molar-refractivity contribution in [3.63, 3.8) is 0 Å². The average molecular weight is 290 g/mol. The topological polar surface area (TPSA) is 13.1 Å². The lowest BCUT2D eigenvalue weighted by molar-refractivity contribution is 0.518. The van der Waals surface area contributed by atoms with Gasteiger partial charge in [0.15, 0.2) is 5.22 Å². The maximum absolute atomic E-state index is 6.34. The lowest BCUT2D eigenvalue weighted by Crippen LogP contribution is -1.95. The number of rotatable bonds is 2. The smallest absolute Gasteiger partial charge is 0.193 e. The lowest BCUT2D eigenvalue weighted by atomic mass is 10.0. The summed E-state index contributed by atoms with van der Waals surface area (Å²) in [7, 11) is 0. The van der Waals surface area contributed by atoms with Gasteiger partial charge in [-0.15, -0.1) is 11.6 Å². The van der Waals surface area contributed by atoms with E-state index < -0.39 is 5.38 Å². The molecule has 1 nitrogen and oxygen atoms in total. The van der Waals surface area contributed by atoms with Gasteiger partial charge >= 0.3 is 0 Å². The van der Waals surface area contributed by atoms with Crippen LogP contribution in [0.3, 0.4) is 0 Å². The number of alkyl halides is 1. The van der Waals surface area contributed by atoms with Gasteiger partial charge in [0.25, 0.3) is 0 Å². The lowest BCUT2D eigenvalue weighted by Gasteiger charge is -2.12. The molecule has 0 saturated carbocycles. The summed E-state index contributed by atoms with van der Waals surface area (Å²) in [6, 6.07) is 7.31. The fourth-order valence-electron chi connectivity index (χ4n) is 1.62. The average Bonchev–Trinajstić information content (AvgIpc) is 2.69. The first-order valence-electron chi connectivity index (χ1n) is 5.15. The van der Waals surface area contributed by atoms with Gasteiger partial charge in [0.2, 0.25) is 0 Å². The normalized spacial score (nSPS) is 12.8. The summed E-state index contributed by atoms with van der Waals surface area (Å²) in [6.45, 7) is 4.03. The molecule has 1 aromatic heterocycles. The second-order valence-electron chi connectivity index (χ2n) is 3.96. The van der Waals surface area contributed by atoms with Crippen LogP contribution in [0.5, 0.6) is 0 Å². The second kappa shape index (κ2) is 4.93. The van der Waals surface area contributed by atoms with Crippen LogP contribution < -0.4 is 0 Å². The van der Waals surface area contributed by atoms with Gasteiger partial charge in [-0.1, -0.05) is 17.7 Å². The maximum atomic E-state index is 6.34. The summed E-state index contributed by atoms with van der Waals surface area (Å²) in [5.74, 6) is 0.599. The molecular weight excluding hydrogens is 279 g/mol. The van der Waals surface area contributed by atoms with Gasteiger partial charge in [-0.2, -0.15) is 0 Å². The molecule has 1 atom stereocenters. The van der Waals surface area contributed by atoms with E-state index >= 15 is 0 Å². The van der Waals surface area contributed by atoms with Crippen LogP contribution in [0.25, 0.3) is 0 Å². The fraction of sp³-hybridized carbons (Fsp3) is 0.231. The Balaban J connectivity index is 2.43. The Hall–Kier alpha value is -0.630. The maximum Gasteiger partial charge on any atom is 0.193 e. The van der Waals surface area contributed by atoms with Crippen LogP contribution in [0.4, 0.5) is 0 Å². The third-order valence-corrected chi connectivity index (χ3v) is 3.71. The first-order valence-corrected chi connectivity index (χ1v) is 6.34. The Morgan fingerprint density at radius 1 is 1.06 bits per heavy atom. The molecule has 0 N–H and O–H groups in total. The van der Waals surface area contributed by atoms with Crippen molar-refractivity contribution in [2.24, 2.45) is 0 Å². The van der Waals surface area contributed by atoms with E-state index in [1.807, 2.05) is 26.0 Å². The molecule has 0 radical (unpaired) electrons. The molecule has 2 rings (SSSR count). The summed E-state index contributed by atoms with van der Waals surface area (Å²) in [5.41, 5.74) is 3.12. The molecule has 17 heavy (non-hydrogen) atoms. The van der Waals surface area contributed by atoms with E-state index in [1.54, 1.807) is 12.1 Å². The van der Waals surface area contributed by atoms with Gasteiger partial charge in [-0.05, 0) is 60.3 Å².